The van der Waals surface area contributed by atoms with Crippen molar-refractivity contribution in [3.8, 4) is 0 Å². The van der Waals surface area contributed by atoms with Gasteiger partial charge in [-0.25, -0.2) is 4.79 Å². The van der Waals surface area contributed by atoms with Gasteiger partial charge in [-0.1, -0.05) is 11.6 Å². The van der Waals surface area contributed by atoms with Crippen molar-refractivity contribution in [1.82, 2.24) is 88.9 Å². The maximum absolute atomic E-state index is 11.5. The third-order valence-electron chi connectivity index (χ3n) is 14.3. The summed E-state index contributed by atoms with van der Waals surface area (Å²) in [6.07, 6.45) is 19.9. The van der Waals surface area contributed by atoms with Crippen molar-refractivity contribution < 1.29 is 62.5 Å². The second kappa shape index (κ2) is 40.1. The lowest BCUT2D eigenvalue weighted by atomic mass is 10.1. The maximum atomic E-state index is 11.5. The molecular weight excluding hydrogens is 1340 g/mol. The van der Waals surface area contributed by atoms with Crippen LogP contribution in [0.4, 0.5) is 0 Å². The number of methoxy groups -OCH3 is 3. The largest absolute Gasteiger partial charge is 0.481 e. The first kappa shape index (κ1) is 78.2. The van der Waals surface area contributed by atoms with Gasteiger partial charge in [0, 0.05) is 179 Å². The Bertz CT molecular complexity index is 3650. The number of aliphatic carboxylic acids is 1. The van der Waals surface area contributed by atoms with Crippen LogP contribution in [-0.4, -0.2) is 187 Å². The van der Waals surface area contributed by atoms with Crippen molar-refractivity contribution in [1.29, 1.82) is 0 Å². The third-order valence-corrected chi connectivity index (χ3v) is 15.7. The Labute approximate surface area is 557 Å². The fourth-order valence-corrected chi connectivity index (χ4v) is 10.0. The molecule has 31 nitrogen and oxygen atoms in total. The second-order valence-electron chi connectivity index (χ2n) is 20.7. The van der Waals surface area contributed by atoms with Gasteiger partial charge in [0.15, 0.2) is 18.9 Å². The van der Waals surface area contributed by atoms with E-state index >= 15 is 0 Å². The number of amides is 2. The molecular formula is C60H84ClIN18O13. The summed E-state index contributed by atoms with van der Waals surface area (Å²) in [6, 6.07) is 0. The first-order chi connectivity index (χ1) is 44.2. The van der Waals surface area contributed by atoms with E-state index in [4.69, 9.17) is 16.7 Å². The lowest BCUT2D eigenvalue weighted by Crippen LogP contribution is -2.24. The highest BCUT2D eigenvalue weighted by molar-refractivity contribution is 14.1. The minimum Gasteiger partial charge on any atom is -0.481 e. The number of aryl methyl sites for hydroxylation is 7. The van der Waals surface area contributed by atoms with E-state index in [1.165, 1.54) is 84.0 Å². The Balaban J connectivity index is 0.000000284. The monoisotopic (exact) mass is 1430 g/mol. The Morgan fingerprint density at radius 1 is 0.559 bits per heavy atom. The number of hydrogen-bond acceptors (Lipinski definition) is 21. The molecule has 0 aromatic carbocycles. The molecule has 3 N–H and O–H groups in total. The number of esters is 3. The summed E-state index contributed by atoms with van der Waals surface area (Å²) in [6.45, 7) is 2.88. The van der Waals surface area contributed by atoms with Crippen molar-refractivity contribution >= 4 is 94.8 Å². The van der Waals surface area contributed by atoms with Crippen molar-refractivity contribution in [3.63, 3.8) is 0 Å². The summed E-state index contributed by atoms with van der Waals surface area (Å²) >= 11 is 7.81. The molecule has 2 aliphatic rings. The van der Waals surface area contributed by atoms with Gasteiger partial charge in [-0.2, -0.15) is 35.7 Å². The van der Waals surface area contributed by atoms with Crippen molar-refractivity contribution in [3.05, 3.63) is 125 Å². The number of aldehydes is 3. The van der Waals surface area contributed by atoms with Crippen LogP contribution in [-0.2, 0) is 151 Å². The summed E-state index contributed by atoms with van der Waals surface area (Å²) in [4.78, 5) is 101. The zero-order valence-electron chi connectivity index (χ0n) is 55.0. The molecule has 0 unspecified atom stereocenters. The van der Waals surface area contributed by atoms with Gasteiger partial charge in [-0.05, 0) is 55.6 Å². The lowest BCUT2D eigenvalue weighted by Gasteiger charge is -2.13. The molecule has 0 fully saturated rings. The van der Waals surface area contributed by atoms with Crippen molar-refractivity contribution in [2.24, 2.45) is 49.3 Å². The van der Waals surface area contributed by atoms with Crippen LogP contribution in [0, 0.1) is 3.70 Å². The summed E-state index contributed by atoms with van der Waals surface area (Å²) in [7, 11) is 24.1. The van der Waals surface area contributed by atoms with Crippen LogP contribution in [0.5, 0.6) is 0 Å². The molecule has 33 heteroatoms. The van der Waals surface area contributed by atoms with E-state index in [9.17, 15) is 43.2 Å². The van der Waals surface area contributed by atoms with Crippen LogP contribution < -0.4 is 10.6 Å². The predicted octanol–water partition coefficient (Wildman–Crippen LogP) is 3.30. The number of halogens is 2. The molecule has 2 aliphatic heterocycles. The van der Waals surface area contributed by atoms with Gasteiger partial charge in [-0.3, -0.25) is 71.1 Å². The quantitative estimate of drug-likeness (QED) is 0.0365. The van der Waals surface area contributed by atoms with E-state index in [0.717, 1.165) is 64.1 Å². The standard InChI is InChI=1S/C10H17N3O2.C9H12IN3O.C9H15N3O2.C9H13N3O.C9H12N2O3.C9H10N2O3.C5H5ClN2O/c1-11-6-8-7-12-13(2)9(8)4-5-10(14)15-3;1-12-5-6-7(3-4-8(12)14)13(2)11-9(6)10;1-10-5-7-6-11-12(2)8(7)3-4-9(13)14;1-11-6-7-5-10-12(2)8(7)3-4-9(11)13;2*1-11-8(3-4-9(13)14-2)7(6-12)5-10-11;1-8-5(6)4(3-9)2-7-8/h7,11H,4-6H2,1-3H3;3-5H2,1-2H3;6,10H,3-5H2,1-2H3,(H,13,14);5H,3-4,6H2,1-2H3;5-6H,3-4H2,1-2H3;3-6H,1-2H3;2-3H,1H3/b;;;;;4-3+;. The molecule has 0 aliphatic carbocycles. The Kier molecular flexibility index (Phi) is 33.7. The number of ether oxygens (including phenoxy) is 3. The Morgan fingerprint density at radius 2 is 1.01 bits per heavy atom. The zero-order valence-corrected chi connectivity index (χ0v) is 57.9. The van der Waals surface area contributed by atoms with Crippen molar-refractivity contribution in [2.75, 3.05) is 49.5 Å². The van der Waals surface area contributed by atoms with E-state index in [0.29, 0.717) is 91.7 Å². The third kappa shape index (κ3) is 24.5. The number of rotatable bonds is 18. The first-order valence-electron chi connectivity index (χ1n) is 28.9. The molecule has 7 aromatic heterocycles. The molecule has 7 aromatic rings. The molecule has 0 saturated heterocycles. The van der Waals surface area contributed by atoms with Crippen LogP contribution >= 0.6 is 34.2 Å². The van der Waals surface area contributed by atoms with Gasteiger partial charge in [0.05, 0.1) is 100 Å². The number of carbonyl (C=O) groups excluding carboxylic acids is 8. The predicted molar refractivity (Wildman–Crippen MR) is 349 cm³/mol. The van der Waals surface area contributed by atoms with Gasteiger partial charge >= 0.3 is 23.9 Å². The van der Waals surface area contributed by atoms with Crippen LogP contribution in [0.25, 0.3) is 6.08 Å². The van der Waals surface area contributed by atoms with Gasteiger partial charge in [0.1, 0.15) is 8.85 Å². The number of aromatic nitrogens is 14. The molecule has 0 radical (unpaired) electrons. The summed E-state index contributed by atoms with van der Waals surface area (Å²) in [5.41, 5.74) is 11.8. The highest BCUT2D eigenvalue weighted by atomic mass is 127. The Hall–Kier alpha value is -9.02. The SMILES string of the molecule is CN1Cc2c(I)nn(C)c2CCC1=O.CN1Cc2cnn(C)c2CCC1=O.CNCc1cnn(C)c1CCC(=O)O.CNCc1cnn(C)c1CCC(=O)OC.COC(=O)/C=C/c1c(C=O)cnn1C.COC(=O)CCc1c(C=O)cnn1C.Cn1ncc(C=O)c1Cl. The van der Waals surface area contributed by atoms with E-state index in [1.807, 2.05) is 78.1 Å². The van der Waals surface area contributed by atoms with E-state index in [1.54, 1.807) is 51.2 Å². The van der Waals surface area contributed by atoms with Gasteiger partial charge < -0.3 is 39.8 Å². The number of carbonyl (C=O) groups is 9. The van der Waals surface area contributed by atoms with E-state index in [-0.39, 0.29) is 36.6 Å². The first-order valence-corrected chi connectivity index (χ1v) is 30.3. The molecule has 506 valence electrons. The molecule has 93 heavy (non-hydrogen) atoms. The molecule has 9 heterocycles. The molecule has 0 spiro atoms. The maximum Gasteiger partial charge on any atom is 0.330 e. The number of carboxylic acids is 1. The van der Waals surface area contributed by atoms with Crippen LogP contribution in [0.15, 0.2) is 43.3 Å². The van der Waals surface area contributed by atoms with Crippen molar-refractivity contribution in [2.45, 2.75) is 90.4 Å². The van der Waals surface area contributed by atoms with Crippen LogP contribution in [0.3, 0.4) is 0 Å². The Morgan fingerprint density at radius 3 is 1.49 bits per heavy atom. The number of fused-ring (bicyclic) bond motifs is 2. The average molecular weight is 1430 g/mol. The zero-order chi connectivity index (χ0) is 69.5. The number of carboxylic acid groups (broad SMARTS) is 1. The smallest absolute Gasteiger partial charge is 0.330 e. The number of nitrogens with one attached hydrogen (secondary N) is 2. The van der Waals surface area contributed by atoms with Gasteiger partial charge in [0.2, 0.25) is 11.8 Å². The highest BCUT2D eigenvalue weighted by Gasteiger charge is 2.23. The molecule has 2 amide bonds. The second-order valence-corrected chi connectivity index (χ2v) is 22.0. The van der Waals surface area contributed by atoms with Crippen LogP contribution in [0.1, 0.15) is 120 Å². The number of hydrogen-bond donors (Lipinski definition) is 3. The van der Waals surface area contributed by atoms with Gasteiger partial charge in [0.25, 0.3) is 0 Å². The molecule has 9 rings (SSSR count). The average Bonchev–Trinajstić information content (AvgIpc) is 1.73. The lowest BCUT2D eigenvalue weighted by molar-refractivity contribution is -0.141. The molecule has 0 saturated carbocycles. The minimum atomic E-state index is -0.776. The minimum absolute atomic E-state index is 0.149. The number of nitrogens with zero attached hydrogens (tertiary/aromatic N) is 16. The summed E-state index contributed by atoms with van der Waals surface area (Å²) in [5.74, 6) is -1.28. The molecule has 0 atom stereocenters. The summed E-state index contributed by atoms with van der Waals surface area (Å²) in [5, 5.41) is 43.4. The van der Waals surface area contributed by atoms with E-state index in [2.05, 4.69) is 83.1 Å². The highest BCUT2D eigenvalue weighted by Crippen LogP contribution is 2.23. The fourth-order valence-electron chi connectivity index (χ4n) is 9.09. The molecule has 0 bridgehead atoms. The van der Waals surface area contributed by atoms with E-state index < -0.39 is 11.9 Å². The normalized spacial score (nSPS) is 12.1. The fraction of sp³-hybridized carbons (Fsp3) is 0.467. The van der Waals surface area contributed by atoms with Gasteiger partial charge in [-0.15, -0.1) is 0 Å². The topological polar surface area (TPSA) is 357 Å². The van der Waals surface area contributed by atoms with Crippen LogP contribution in [0.2, 0.25) is 5.15 Å². The summed E-state index contributed by atoms with van der Waals surface area (Å²) < 4.78 is 26.4.